The summed E-state index contributed by atoms with van der Waals surface area (Å²) >= 11 is 0. The molecule has 0 aromatic carbocycles. The maximum absolute atomic E-state index is 11.7. The molecule has 0 aliphatic rings. The highest BCUT2D eigenvalue weighted by Crippen LogP contribution is 2.04. The van der Waals surface area contributed by atoms with Gasteiger partial charge in [0.25, 0.3) is 0 Å². The lowest BCUT2D eigenvalue weighted by atomic mass is 10.1. The van der Waals surface area contributed by atoms with Crippen LogP contribution in [0.4, 0.5) is 0 Å². The average Bonchev–Trinajstić information content (AvgIpc) is 2.39. The quantitative estimate of drug-likeness (QED) is 0.294. The van der Waals surface area contributed by atoms with Crippen LogP contribution in [-0.2, 0) is 23.9 Å². The van der Waals surface area contributed by atoms with Gasteiger partial charge in [-0.25, -0.2) is 9.59 Å². The van der Waals surface area contributed by atoms with Crippen molar-refractivity contribution in [2.24, 2.45) is 0 Å². The molecule has 120 valence electrons. The molecule has 0 saturated heterocycles. The molecule has 0 spiro atoms. The first-order valence-electron chi connectivity index (χ1n) is 6.35. The normalized spacial score (nSPS) is 13.2. The zero-order chi connectivity index (χ0) is 16.4. The lowest BCUT2D eigenvalue weighted by Gasteiger charge is -2.17. The second kappa shape index (κ2) is 9.83. The maximum atomic E-state index is 11.7. The summed E-state index contributed by atoms with van der Waals surface area (Å²) in [6, 6.07) is -1.83. The standard InChI is InChI=1S/C12H20N2O7/c1-13-7(3-5-9(15)16)11(19)21-12(20)8(14-2)4-6-10(17)18/h7-8,13-14H,3-6H2,1-2H3,(H,15,16)(H,17,18). The van der Waals surface area contributed by atoms with Crippen LogP contribution < -0.4 is 10.6 Å². The van der Waals surface area contributed by atoms with E-state index in [2.05, 4.69) is 15.4 Å². The van der Waals surface area contributed by atoms with Crippen molar-refractivity contribution < 1.29 is 34.1 Å². The molecule has 21 heavy (non-hydrogen) atoms. The average molecular weight is 304 g/mol. The van der Waals surface area contributed by atoms with Crippen LogP contribution in [0.5, 0.6) is 0 Å². The van der Waals surface area contributed by atoms with E-state index in [1.807, 2.05) is 0 Å². The van der Waals surface area contributed by atoms with E-state index < -0.39 is 36.0 Å². The van der Waals surface area contributed by atoms with Gasteiger partial charge in [0.1, 0.15) is 12.1 Å². The zero-order valence-electron chi connectivity index (χ0n) is 11.9. The highest BCUT2D eigenvalue weighted by atomic mass is 16.6. The molecule has 0 amide bonds. The van der Waals surface area contributed by atoms with Crippen LogP contribution in [0.2, 0.25) is 0 Å². The van der Waals surface area contributed by atoms with E-state index in [-0.39, 0.29) is 25.7 Å². The van der Waals surface area contributed by atoms with Crippen molar-refractivity contribution in [3.8, 4) is 0 Å². The summed E-state index contributed by atoms with van der Waals surface area (Å²) in [4.78, 5) is 44.3. The number of ether oxygens (including phenoxy) is 1. The van der Waals surface area contributed by atoms with E-state index in [0.29, 0.717) is 0 Å². The number of carboxylic acid groups (broad SMARTS) is 2. The van der Waals surface area contributed by atoms with Gasteiger partial charge in [0.05, 0.1) is 0 Å². The summed E-state index contributed by atoms with van der Waals surface area (Å²) in [5.74, 6) is -3.91. The van der Waals surface area contributed by atoms with Crippen LogP contribution in [0.3, 0.4) is 0 Å². The minimum Gasteiger partial charge on any atom is -0.481 e. The van der Waals surface area contributed by atoms with Gasteiger partial charge in [-0.15, -0.1) is 0 Å². The van der Waals surface area contributed by atoms with Crippen molar-refractivity contribution in [3.63, 3.8) is 0 Å². The van der Waals surface area contributed by atoms with Crippen LogP contribution in [-0.4, -0.2) is 60.3 Å². The van der Waals surface area contributed by atoms with Gasteiger partial charge in [-0.1, -0.05) is 0 Å². The SMILES string of the molecule is CNC(CCC(=O)O)C(=O)OC(=O)C(CCC(=O)O)NC. The summed E-state index contributed by atoms with van der Waals surface area (Å²) in [6.45, 7) is 0. The van der Waals surface area contributed by atoms with E-state index in [1.54, 1.807) is 0 Å². The van der Waals surface area contributed by atoms with Crippen LogP contribution in [0.1, 0.15) is 25.7 Å². The molecule has 0 aromatic heterocycles. The van der Waals surface area contributed by atoms with Gasteiger partial charge < -0.3 is 25.6 Å². The first-order valence-corrected chi connectivity index (χ1v) is 6.35. The third-order valence-corrected chi connectivity index (χ3v) is 2.76. The molecule has 2 atom stereocenters. The second-order valence-electron chi connectivity index (χ2n) is 4.29. The molecule has 0 bridgehead atoms. The third-order valence-electron chi connectivity index (χ3n) is 2.76. The molecular weight excluding hydrogens is 284 g/mol. The monoisotopic (exact) mass is 304 g/mol. The lowest BCUT2D eigenvalue weighted by Crippen LogP contribution is -2.42. The first kappa shape index (κ1) is 19.0. The Morgan fingerprint density at radius 3 is 1.43 bits per heavy atom. The number of carbonyl (C=O) groups excluding carboxylic acids is 2. The fourth-order valence-corrected chi connectivity index (χ4v) is 1.54. The molecular formula is C12H20N2O7. The van der Waals surface area contributed by atoms with Gasteiger partial charge in [0, 0.05) is 12.8 Å². The van der Waals surface area contributed by atoms with Gasteiger partial charge in [0.2, 0.25) is 0 Å². The number of aliphatic carboxylic acids is 2. The zero-order valence-corrected chi connectivity index (χ0v) is 11.9. The molecule has 0 rings (SSSR count). The van der Waals surface area contributed by atoms with Crippen molar-refractivity contribution >= 4 is 23.9 Å². The molecule has 0 fully saturated rings. The predicted octanol–water partition coefficient (Wildman–Crippen LogP) is -1.04. The molecule has 0 radical (unpaired) electrons. The number of esters is 2. The minimum atomic E-state index is -1.07. The fraction of sp³-hybridized carbons (Fsp3) is 0.667. The first-order chi connectivity index (χ1) is 9.81. The van der Waals surface area contributed by atoms with E-state index >= 15 is 0 Å². The van der Waals surface area contributed by atoms with Crippen LogP contribution >= 0.6 is 0 Å². The molecule has 2 unspecified atom stereocenters. The molecule has 0 aliphatic heterocycles. The number of hydrogen-bond acceptors (Lipinski definition) is 7. The predicted molar refractivity (Wildman–Crippen MR) is 70.5 cm³/mol. The van der Waals surface area contributed by atoms with Gasteiger partial charge in [-0.05, 0) is 26.9 Å². The number of hydrogen-bond donors (Lipinski definition) is 4. The molecule has 4 N–H and O–H groups in total. The van der Waals surface area contributed by atoms with Crippen molar-refractivity contribution in [2.75, 3.05) is 14.1 Å². The molecule has 9 heteroatoms. The van der Waals surface area contributed by atoms with Gasteiger partial charge in [-0.3, -0.25) is 9.59 Å². The number of rotatable bonds is 10. The van der Waals surface area contributed by atoms with Crippen LogP contribution in [0, 0.1) is 0 Å². The summed E-state index contributed by atoms with van der Waals surface area (Å²) in [5.41, 5.74) is 0. The summed E-state index contributed by atoms with van der Waals surface area (Å²) in [6.07, 6.45) is -0.527. The van der Waals surface area contributed by atoms with Crippen molar-refractivity contribution in [3.05, 3.63) is 0 Å². The molecule has 0 heterocycles. The van der Waals surface area contributed by atoms with Gasteiger partial charge >= 0.3 is 23.9 Å². The summed E-state index contributed by atoms with van der Waals surface area (Å²) < 4.78 is 4.63. The second-order valence-corrected chi connectivity index (χ2v) is 4.29. The largest absolute Gasteiger partial charge is 0.481 e. The lowest BCUT2D eigenvalue weighted by molar-refractivity contribution is -0.162. The van der Waals surface area contributed by atoms with Crippen LogP contribution in [0.15, 0.2) is 0 Å². The Balaban J connectivity index is 4.46. The Morgan fingerprint density at radius 2 is 1.19 bits per heavy atom. The molecule has 0 aromatic rings. The molecule has 0 aliphatic carbocycles. The van der Waals surface area contributed by atoms with Crippen molar-refractivity contribution in [1.82, 2.24) is 10.6 Å². The van der Waals surface area contributed by atoms with Crippen molar-refractivity contribution in [1.29, 1.82) is 0 Å². The Labute approximate surface area is 121 Å². The van der Waals surface area contributed by atoms with E-state index in [1.165, 1.54) is 14.1 Å². The van der Waals surface area contributed by atoms with Gasteiger partial charge in [0.15, 0.2) is 0 Å². The topological polar surface area (TPSA) is 142 Å². The number of nitrogens with one attached hydrogen (secondary N) is 2. The van der Waals surface area contributed by atoms with E-state index in [4.69, 9.17) is 10.2 Å². The Morgan fingerprint density at radius 1 is 0.857 bits per heavy atom. The van der Waals surface area contributed by atoms with Gasteiger partial charge in [-0.2, -0.15) is 0 Å². The Hall–Kier alpha value is -2.00. The molecule has 0 saturated carbocycles. The maximum Gasteiger partial charge on any atom is 0.330 e. The fourth-order valence-electron chi connectivity index (χ4n) is 1.54. The number of carbonyl (C=O) groups is 4. The number of carboxylic acids is 2. The van der Waals surface area contributed by atoms with E-state index in [9.17, 15) is 19.2 Å². The minimum absolute atomic E-state index is 0.0166. The van der Waals surface area contributed by atoms with E-state index in [0.717, 1.165) is 0 Å². The summed E-state index contributed by atoms with van der Waals surface area (Å²) in [7, 11) is 2.89. The highest BCUT2D eigenvalue weighted by molar-refractivity contribution is 5.91. The summed E-state index contributed by atoms with van der Waals surface area (Å²) in [5, 5.41) is 22.2. The Kier molecular flexibility index (Phi) is 8.90. The number of likely N-dealkylation sites (N-methyl/N-ethyl adjacent to an activating group) is 2. The Bertz CT molecular complexity index is 361. The van der Waals surface area contributed by atoms with Crippen molar-refractivity contribution in [2.45, 2.75) is 37.8 Å². The molecule has 9 nitrogen and oxygen atoms in total. The highest BCUT2D eigenvalue weighted by Gasteiger charge is 2.26. The third kappa shape index (κ3) is 8.00. The smallest absolute Gasteiger partial charge is 0.330 e. The van der Waals surface area contributed by atoms with Crippen LogP contribution in [0.25, 0.3) is 0 Å².